The number of nitro groups is 1. The van der Waals surface area contributed by atoms with Crippen LogP contribution in [0.2, 0.25) is 10.0 Å². The van der Waals surface area contributed by atoms with Gasteiger partial charge in [0, 0.05) is 30.1 Å². The first kappa shape index (κ1) is 54.0. The van der Waals surface area contributed by atoms with Crippen molar-refractivity contribution in [1.29, 1.82) is 0 Å². The van der Waals surface area contributed by atoms with Crippen LogP contribution in [0.3, 0.4) is 0 Å². The third-order valence-electron chi connectivity index (χ3n) is 6.96. The Morgan fingerprint density at radius 3 is 2.19 bits per heavy atom. The van der Waals surface area contributed by atoms with Gasteiger partial charge in [-0.2, -0.15) is 13.2 Å². The summed E-state index contributed by atoms with van der Waals surface area (Å²) in [6.45, 7) is 2.67. The van der Waals surface area contributed by atoms with Crippen LogP contribution in [0.4, 0.5) is 28.9 Å². The fraction of sp³-hybridized carbons (Fsp3) is 0.371. The molecule has 17 nitrogen and oxygen atoms in total. The summed E-state index contributed by atoms with van der Waals surface area (Å²) in [4.78, 5) is 65.7. The van der Waals surface area contributed by atoms with Gasteiger partial charge in [-0.1, -0.05) is 23.2 Å². The molecule has 1 aliphatic heterocycles. The molecule has 342 valence electrons. The summed E-state index contributed by atoms with van der Waals surface area (Å²) in [6, 6.07) is 8.92. The zero-order valence-electron chi connectivity index (χ0n) is 33.0. The quantitative estimate of drug-likeness (QED) is 0.0268. The second-order valence-corrected chi connectivity index (χ2v) is 19.3. The van der Waals surface area contributed by atoms with Crippen LogP contribution < -0.4 is 29.4 Å². The van der Waals surface area contributed by atoms with E-state index in [1.165, 1.54) is 24.3 Å². The van der Waals surface area contributed by atoms with Gasteiger partial charge < -0.3 is 34.0 Å². The Balaban J connectivity index is 0.000000329. The summed E-state index contributed by atoms with van der Waals surface area (Å²) in [6.07, 6.45) is 3.23. The van der Waals surface area contributed by atoms with E-state index in [0.717, 1.165) is 60.2 Å². The van der Waals surface area contributed by atoms with Crippen molar-refractivity contribution in [3.63, 3.8) is 0 Å². The first-order valence-electron chi connectivity index (χ1n) is 17.4. The lowest BCUT2D eigenvalue weighted by atomic mass is 10.2. The highest BCUT2D eigenvalue weighted by atomic mass is 35.5. The van der Waals surface area contributed by atoms with Gasteiger partial charge in [0.25, 0.3) is 0 Å². The summed E-state index contributed by atoms with van der Waals surface area (Å²) in [5.74, 6) is -2.85. The van der Waals surface area contributed by atoms with Crippen LogP contribution in [0.1, 0.15) is 25.3 Å². The van der Waals surface area contributed by atoms with Gasteiger partial charge in [-0.05, 0) is 78.4 Å². The van der Waals surface area contributed by atoms with Gasteiger partial charge in [0.15, 0.2) is 0 Å². The average Bonchev–Trinajstić information content (AvgIpc) is 3.46. The standard InChI is InChI=1S/C15H11ClF3NO4.C14H13ClFN3O3S2.C3H8NO5P.C3H9S/c1-2-23-14-8-10(4-5-12(14)20(21)22)24-13-6-3-9(7-11(13)16)15(17,18)19;15-8-5-9(16)10(6-11(8)23-7-12(20)21)17-13-18-3-1-2-4-19(18)14(22)24-13;5-3(6)1-4-2-10(7,8)9;1-4(2)3/h3-8H,2H2,1H3;5-6H,1-4,7H2,(H,20,21);4H,1-2H2,(H,5,6)(H2,7,8,9);1-3H3/q;;;+1/p-1. The Morgan fingerprint density at radius 2 is 1.66 bits per heavy atom. The van der Waals surface area contributed by atoms with Crippen molar-refractivity contribution in [2.45, 2.75) is 43.9 Å². The fourth-order valence-corrected chi connectivity index (χ4v) is 7.03. The molecule has 1 atom stereocenters. The fourth-order valence-electron chi connectivity index (χ4n) is 4.55. The minimum atomic E-state index is -4.52. The highest BCUT2D eigenvalue weighted by Crippen LogP contribution is 2.39. The Morgan fingerprint density at radius 1 is 1.03 bits per heavy atom. The number of aromatic nitrogens is 2. The molecule has 1 unspecified atom stereocenters. The van der Waals surface area contributed by atoms with E-state index in [4.69, 9.17) is 47.8 Å². The van der Waals surface area contributed by atoms with Crippen LogP contribution >= 0.6 is 53.9 Å². The minimum absolute atomic E-state index is 0.0111. The maximum Gasteiger partial charge on any atom is 0.416 e. The molecular formula is C35H40Cl2F4N5O12PS3. The number of aliphatic carboxylic acids is 2. The van der Waals surface area contributed by atoms with Crippen LogP contribution in [0, 0.1) is 15.9 Å². The summed E-state index contributed by atoms with van der Waals surface area (Å²) in [5, 5.41) is 29.5. The molecule has 0 saturated heterocycles. The lowest BCUT2D eigenvalue weighted by Gasteiger charge is -2.15. The van der Waals surface area contributed by atoms with Crippen molar-refractivity contribution in [2.24, 2.45) is 4.99 Å². The number of benzene rings is 3. The number of carboxylic acid groups (broad SMARTS) is 2. The van der Waals surface area contributed by atoms with E-state index in [9.17, 15) is 51.5 Å². The lowest BCUT2D eigenvalue weighted by Crippen LogP contribution is -2.31. The number of fused-ring (bicyclic) bond motifs is 1. The molecule has 0 amide bonds. The van der Waals surface area contributed by atoms with E-state index in [1.54, 1.807) is 16.3 Å². The number of nitrogens with one attached hydrogen (secondary N) is 1. The molecule has 0 fully saturated rings. The van der Waals surface area contributed by atoms with Gasteiger partial charge in [0.2, 0.25) is 10.6 Å². The molecule has 2 heterocycles. The predicted molar refractivity (Wildman–Crippen MR) is 227 cm³/mol. The number of rotatable bonds is 13. The Kier molecular flexibility index (Phi) is 22.0. The number of ether oxygens (including phenoxy) is 2. The maximum atomic E-state index is 14.2. The summed E-state index contributed by atoms with van der Waals surface area (Å²) in [5.41, 5.74) is -1.11. The molecule has 1 aliphatic rings. The molecule has 0 radical (unpaired) electrons. The number of nitro benzene ring substituents is 1. The number of hydrogen-bond donors (Lipinski definition) is 4. The second-order valence-electron chi connectivity index (χ2n) is 12.5. The molecule has 3 aromatic carbocycles. The lowest BCUT2D eigenvalue weighted by molar-refractivity contribution is -0.385. The van der Waals surface area contributed by atoms with Crippen LogP contribution in [0.5, 0.6) is 17.2 Å². The van der Waals surface area contributed by atoms with E-state index in [0.29, 0.717) is 33.7 Å². The molecule has 1 aromatic heterocycles. The Hall–Kier alpha value is -4.13. The first-order chi connectivity index (χ1) is 28.8. The van der Waals surface area contributed by atoms with Crippen molar-refractivity contribution in [3.05, 3.63) is 94.5 Å². The van der Waals surface area contributed by atoms with Gasteiger partial charge >= 0.3 is 28.7 Å². The van der Waals surface area contributed by atoms with Crippen molar-refractivity contribution in [3.8, 4) is 17.2 Å². The number of halogens is 6. The number of thioether (sulfide) groups is 1. The SMILES string of the molecule is CCOc1cc(Oc2ccc(C(F)(F)F)cc2Cl)ccc1[N+](=O)[O-].C[S+](C)C.O=C(O)CNCP(=O)([O-])O.O=C(O)CSc1cc(N=c2sc(=O)n3n2CCCC3)c(F)cc1Cl. The smallest absolute Gasteiger partial charge is 0.416 e. The number of hydrogen-bond acceptors (Lipinski definition) is 13. The molecule has 4 N–H and O–H groups in total. The third kappa shape index (κ3) is 19.1. The molecule has 27 heteroatoms. The van der Waals surface area contributed by atoms with E-state index in [-0.39, 0.29) is 55.9 Å². The van der Waals surface area contributed by atoms with Crippen molar-refractivity contribution < 1.29 is 66.1 Å². The van der Waals surface area contributed by atoms with Crippen LogP contribution in [-0.4, -0.2) is 85.3 Å². The van der Waals surface area contributed by atoms with Crippen molar-refractivity contribution >= 4 is 88.1 Å². The molecule has 0 aliphatic carbocycles. The van der Waals surface area contributed by atoms with E-state index < -0.39 is 54.8 Å². The topological polar surface area (TPSA) is 248 Å². The highest BCUT2D eigenvalue weighted by molar-refractivity contribution is 8.00. The maximum absolute atomic E-state index is 14.2. The van der Waals surface area contributed by atoms with Crippen molar-refractivity contribution in [2.75, 3.05) is 44.0 Å². The summed E-state index contributed by atoms with van der Waals surface area (Å²) >= 11 is 13.7. The van der Waals surface area contributed by atoms with Gasteiger partial charge in [-0.15, -0.1) is 11.8 Å². The normalized spacial score (nSPS) is 13.2. The molecule has 5 rings (SSSR count). The summed E-state index contributed by atoms with van der Waals surface area (Å²) in [7, 11) is -3.71. The number of carboxylic acids is 2. The first-order valence-corrected chi connectivity index (χ1v) is 24.2. The average molecular weight is 997 g/mol. The Bertz CT molecular complexity index is 2360. The van der Waals surface area contributed by atoms with Gasteiger partial charge in [0.1, 0.15) is 30.6 Å². The second kappa shape index (κ2) is 25.2. The summed E-state index contributed by atoms with van der Waals surface area (Å²) < 4.78 is 75.8. The minimum Gasteiger partial charge on any atom is -0.778 e. The molecule has 4 aromatic rings. The third-order valence-corrected chi connectivity index (χ3v) is 10.2. The van der Waals surface area contributed by atoms with Gasteiger partial charge in [-0.3, -0.25) is 34.5 Å². The molecular weight excluding hydrogens is 956 g/mol. The van der Waals surface area contributed by atoms with E-state index >= 15 is 0 Å². The number of carbonyl (C=O) groups is 2. The van der Waals surface area contributed by atoms with Crippen LogP contribution in [-0.2, 0) is 44.3 Å². The Labute approximate surface area is 371 Å². The predicted octanol–water partition coefficient (Wildman–Crippen LogP) is 6.82. The zero-order chi connectivity index (χ0) is 46.9. The van der Waals surface area contributed by atoms with Crippen molar-refractivity contribution in [1.82, 2.24) is 14.7 Å². The van der Waals surface area contributed by atoms with Gasteiger partial charge in [-0.25, -0.2) is 14.1 Å². The zero-order valence-corrected chi connectivity index (χ0v) is 37.9. The molecule has 0 saturated carbocycles. The van der Waals surface area contributed by atoms with E-state index in [1.807, 2.05) is 5.32 Å². The molecule has 62 heavy (non-hydrogen) atoms. The van der Waals surface area contributed by atoms with E-state index in [2.05, 4.69) is 23.8 Å². The monoisotopic (exact) mass is 995 g/mol. The molecule has 0 spiro atoms. The largest absolute Gasteiger partial charge is 0.778 e. The molecule has 0 bridgehead atoms. The van der Waals surface area contributed by atoms with Crippen LogP contribution in [0.25, 0.3) is 0 Å². The van der Waals surface area contributed by atoms with Crippen LogP contribution in [0.15, 0.2) is 63.2 Å². The van der Waals surface area contributed by atoms with Gasteiger partial charge in [0.05, 0.1) is 64.5 Å². The number of nitrogens with zero attached hydrogens (tertiary/aromatic N) is 4. The number of alkyl halides is 3. The highest BCUT2D eigenvalue weighted by Gasteiger charge is 2.31.